The number of rotatable bonds is 1. The van der Waals surface area contributed by atoms with Crippen LogP contribution >= 0.6 is 0 Å². The highest BCUT2D eigenvalue weighted by Gasteiger charge is 2.36. The van der Waals surface area contributed by atoms with E-state index in [1.165, 1.54) is 0 Å². The Morgan fingerprint density at radius 1 is 1.60 bits per heavy atom. The summed E-state index contributed by atoms with van der Waals surface area (Å²) in [5.74, 6) is 0. The van der Waals surface area contributed by atoms with Gasteiger partial charge in [-0.05, 0) is 18.8 Å². The largest absolute Gasteiger partial charge is 0.305 e. The first kappa shape index (κ1) is 7.73. The molecule has 0 bridgehead atoms. The van der Waals surface area contributed by atoms with Gasteiger partial charge in [0, 0.05) is 6.04 Å². The van der Waals surface area contributed by atoms with E-state index >= 15 is 0 Å². The minimum Gasteiger partial charge on any atom is -0.305 e. The summed E-state index contributed by atoms with van der Waals surface area (Å²) < 4.78 is 0. The van der Waals surface area contributed by atoms with Gasteiger partial charge in [-0.25, -0.2) is 0 Å². The lowest BCUT2D eigenvalue weighted by Crippen LogP contribution is -2.31. The minimum absolute atomic E-state index is 0.0880. The van der Waals surface area contributed by atoms with E-state index in [1.807, 2.05) is 0 Å². The van der Waals surface area contributed by atoms with Crippen LogP contribution in [0.5, 0.6) is 0 Å². The van der Waals surface area contributed by atoms with Gasteiger partial charge in [0.25, 0.3) is 0 Å². The van der Waals surface area contributed by atoms with E-state index in [0.717, 1.165) is 12.7 Å². The van der Waals surface area contributed by atoms with Crippen LogP contribution in [0, 0.1) is 5.41 Å². The second kappa shape index (κ2) is 2.35. The lowest BCUT2D eigenvalue weighted by atomic mass is 9.85. The molecule has 0 aromatic rings. The summed E-state index contributed by atoms with van der Waals surface area (Å²) >= 11 is 0. The monoisotopic (exact) mass is 141 g/mol. The van der Waals surface area contributed by atoms with Crippen LogP contribution in [0.3, 0.4) is 0 Å². The zero-order chi connectivity index (χ0) is 7.78. The third-order valence-corrected chi connectivity index (χ3v) is 2.55. The van der Waals surface area contributed by atoms with Crippen molar-refractivity contribution in [2.45, 2.75) is 39.3 Å². The molecule has 0 amide bonds. The first-order valence-electron chi connectivity index (χ1n) is 3.77. The fourth-order valence-electron chi connectivity index (χ4n) is 1.44. The highest BCUT2D eigenvalue weighted by molar-refractivity contribution is 5.58. The number of hydrogen-bond acceptors (Lipinski definition) is 2. The number of nitrogens with one attached hydrogen (secondary N) is 1. The van der Waals surface area contributed by atoms with E-state index in [4.69, 9.17) is 0 Å². The normalized spacial score (nSPS) is 37.9. The maximum atomic E-state index is 10.4. The maximum Gasteiger partial charge on any atom is 0.136 e. The molecule has 0 aromatic heterocycles. The van der Waals surface area contributed by atoms with Crippen molar-refractivity contribution in [1.29, 1.82) is 0 Å². The van der Waals surface area contributed by atoms with Gasteiger partial charge in [0.15, 0.2) is 0 Å². The molecule has 0 aliphatic carbocycles. The smallest absolute Gasteiger partial charge is 0.136 e. The zero-order valence-corrected chi connectivity index (χ0v) is 6.85. The Labute approximate surface area is 62.0 Å². The standard InChI is InChI=1S/C8H15NO/c1-6-8(2,3)4-7(5-10)9-6/h5-7,9H,4H2,1-3H3/t6-,7-/m0/s1. The van der Waals surface area contributed by atoms with E-state index in [9.17, 15) is 4.79 Å². The van der Waals surface area contributed by atoms with E-state index in [-0.39, 0.29) is 11.5 Å². The summed E-state index contributed by atoms with van der Waals surface area (Å²) in [5, 5.41) is 3.23. The Hall–Kier alpha value is -0.370. The van der Waals surface area contributed by atoms with E-state index in [2.05, 4.69) is 26.1 Å². The SMILES string of the molecule is C[C@@H]1N[C@H](C=O)CC1(C)C. The Morgan fingerprint density at radius 2 is 2.20 bits per heavy atom. The molecule has 2 atom stereocenters. The van der Waals surface area contributed by atoms with E-state index < -0.39 is 0 Å². The van der Waals surface area contributed by atoms with Crippen molar-refractivity contribution in [3.63, 3.8) is 0 Å². The molecule has 1 aliphatic heterocycles. The summed E-state index contributed by atoms with van der Waals surface area (Å²) in [5.41, 5.74) is 0.283. The van der Waals surface area contributed by atoms with Crippen molar-refractivity contribution in [1.82, 2.24) is 5.32 Å². The lowest BCUT2D eigenvalue weighted by molar-refractivity contribution is -0.109. The Balaban J connectivity index is 2.61. The topological polar surface area (TPSA) is 29.1 Å². The number of carbonyl (C=O) groups is 1. The predicted octanol–water partition coefficient (Wildman–Crippen LogP) is 0.962. The molecule has 0 saturated carbocycles. The van der Waals surface area contributed by atoms with Gasteiger partial charge >= 0.3 is 0 Å². The van der Waals surface area contributed by atoms with Crippen LogP contribution < -0.4 is 5.32 Å². The van der Waals surface area contributed by atoms with E-state index in [0.29, 0.717) is 6.04 Å². The summed E-state index contributed by atoms with van der Waals surface area (Å²) in [6.45, 7) is 6.51. The molecule has 1 saturated heterocycles. The average molecular weight is 141 g/mol. The van der Waals surface area contributed by atoms with Crippen LogP contribution in [0.4, 0.5) is 0 Å². The van der Waals surface area contributed by atoms with Gasteiger partial charge in [0.05, 0.1) is 6.04 Å². The minimum atomic E-state index is 0.0880. The van der Waals surface area contributed by atoms with Crippen LogP contribution in [-0.4, -0.2) is 18.4 Å². The van der Waals surface area contributed by atoms with Crippen molar-refractivity contribution in [2.24, 2.45) is 5.41 Å². The molecule has 0 spiro atoms. The first-order valence-corrected chi connectivity index (χ1v) is 3.77. The van der Waals surface area contributed by atoms with E-state index in [1.54, 1.807) is 0 Å². The molecule has 0 aromatic carbocycles. The maximum absolute atomic E-state index is 10.4. The molecule has 58 valence electrons. The highest BCUT2D eigenvalue weighted by atomic mass is 16.1. The molecule has 1 N–H and O–H groups in total. The molecule has 10 heavy (non-hydrogen) atoms. The second-order valence-electron chi connectivity index (χ2n) is 3.82. The van der Waals surface area contributed by atoms with Gasteiger partial charge in [0.1, 0.15) is 6.29 Å². The van der Waals surface area contributed by atoms with Gasteiger partial charge in [-0.3, -0.25) is 0 Å². The van der Waals surface area contributed by atoms with Gasteiger partial charge in [-0.1, -0.05) is 13.8 Å². The zero-order valence-electron chi connectivity index (χ0n) is 6.85. The van der Waals surface area contributed by atoms with Crippen LogP contribution in [0.1, 0.15) is 27.2 Å². The van der Waals surface area contributed by atoms with Gasteiger partial charge in [0.2, 0.25) is 0 Å². The van der Waals surface area contributed by atoms with Crippen LogP contribution in [0.25, 0.3) is 0 Å². The molecule has 2 heteroatoms. The van der Waals surface area contributed by atoms with Gasteiger partial charge in [-0.15, -0.1) is 0 Å². The fourth-order valence-corrected chi connectivity index (χ4v) is 1.44. The van der Waals surface area contributed by atoms with Crippen molar-refractivity contribution in [2.75, 3.05) is 0 Å². The molecule has 0 radical (unpaired) electrons. The average Bonchev–Trinajstić information content (AvgIpc) is 2.08. The molecule has 1 aliphatic rings. The quantitative estimate of drug-likeness (QED) is 0.551. The highest BCUT2D eigenvalue weighted by Crippen LogP contribution is 2.31. The Morgan fingerprint density at radius 3 is 2.40 bits per heavy atom. The molecule has 0 unspecified atom stereocenters. The number of aldehydes is 1. The summed E-state index contributed by atoms with van der Waals surface area (Å²) in [6, 6.07) is 0.549. The summed E-state index contributed by atoms with van der Waals surface area (Å²) in [7, 11) is 0. The second-order valence-corrected chi connectivity index (χ2v) is 3.82. The van der Waals surface area contributed by atoms with Gasteiger partial charge in [-0.2, -0.15) is 0 Å². The molecule has 1 fully saturated rings. The molecular formula is C8H15NO. The Kier molecular flexibility index (Phi) is 1.82. The first-order chi connectivity index (χ1) is 4.56. The third-order valence-electron chi connectivity index (χ3n) is 2.55. The van der Waals surface area contributed by atoms with Crippen molar-refractivity contribution in [3.8, 4) is 0 Å². The number of carbonyl (C=O) groups excluding carboxylic acids is 1. The fraction of sp³-hybridized carbons (Fsp3) is 0.875. The molecule has 1 heterocycles. The van der Waals surface area contributed by atoms with Crippen LogP contribution in [0.2, 0.25) is 0 Å². The predicted molar refractivity (Wildman–Crippen MR) is 40.8 cm³/mol. The molecule has 1 rings (SSSR count). The van der Waals surface area contributed by atoms with Crippen LogP contribution in [-0.2, 0) is 4.79 Å². The van der Waals surface area contributed by atoms with Crippen LogP contribution in [0.15, 0.2) is 0 Å². The van der Waals surface area contributed by atoms with Crippen molar-refractivity contribution in [3.05, 3.63) is 0 Å². The summed E-state index contributed by atoms with van der Waals surface area (Å²) in [6.07, 6.45) is 1.98. The van der Waals surface area contributed by atoms with Crippen molar-refractivity contribution >= 4 is 6.29 Å². The molecular weight excluding hydrogens is 126 g/mol. The molecule has 2 nitrogen and oxygen atoms in total. The lowest BCUT2D eigenvalue weighted by Gasteiger charge is -2.21. The van der Waals surface area contributed by atoms with Crippen molar-refractivity contribution < 1.29 is 4.79 Å². The Bertz CT molecular complexity index is 142. The third kappa shape index (κ3) is 1.21. The van der Waals surface area contributed by atoms with Gasteiger partial charge < -0.3 is 10.1 Å². The summed E-state index contributed by atoms with van der Waals surface area (Å²) in [4.78, 5) is 10.4. The number of hydrogen-bond donors (Lipinski definition) is 1.